The summed E-state index contributed by atoms with van der Waals surface area (Å²) in [5.41, 5.74) is 2.03. The smallest absolute Gasteiger partial charge is 0.237 e. The molecule has 0 atom stereocenters. The van der Waals surface area contributed by atoms with Crippen LogP contribution in [0.1, 0.15) is 22.9 Å². The molecule has 0 radical (unpaired) electrons. The van der Waals surface area contributed by atoms with E-state index in [0.29, 0.717) is 5.69 Å². The minimum atomic E-state index is 0.694. The molecule has 5 nitrogen and oxygen atoms in total. The van der Waals surface area contributed by atoms with E-state index in [-0.39, 0.29) is 0 Å². The van der Waals surface area contributed by atoms with E-state index >= 15 is 0 Å². The van der Waals surface area contributed by atoms with Gasteiger partial charge in [-0.1, -0.05) is 30.3 Å². The topological polar surface area (TPSA) is 41.4 Å². The van der Waals surface area contributed by atoms with Crippen LogP contribution in [-0.4, -0.2) is 9.13 Å². The fraction of sp³-hybridized carbons (Fsp3) is 0.316. The Labute approximate surface area is 143 Å². The van der Waals surface area contributed by atoms with E-state index in [1.807, 2.05) is 42.4 Å². The first kappa shape index (κ1) is 17.5. The number of hydrogen-bond donors (Lipinski definition) is 0. The third-order valence-corrected chi connectivity index (χ3v) is 4.38. The molecule has 0 fully saturated rings. The van der Waals surface area contributed by atoms with Gasteiger partial charge in [0.15, 0.2) is 0 Å². The van der Waals surface area contributed by atoms with Crippen LogP contribution < -0.4 is 9.13 Å². The summed E-state index contributed by atoms with van der Waals surface area (Å²) in [4.78, 5) is 0. The van der Waals surface area contributed by atoms with Gasteiger partial charge in [0.2, 0.25) is 5.69 Å². The highest BCUT2D eigenvalue weighted by molar-refractivity contribution is 5.16. The molecule has 2 aromatic heterocycles. The van der Waals surface area contributed by atoms with Crippen molar-refractivity contribution >= 4 is 0 Å². The SMILES string of the molecule is Cc1n(C)c(C#N)c[n+]1C.Cc1n(Cc2ccccc2)cc[n+]1C. The maximum Gasteiger partial charge on any atom is 0.253 e. The van der Waals surface area contributed by atoms with Gasteiger partial charge in [-0.15, -0.1) is 0 Å². The molecule has 124 valence electrons. The van der Waals surface area contributed by atoms with Crippen LogP contribution in [-0.2, 0) is 27.7 Å². The van der Waals surface area contributed by atoms with Crippen LogP contribution in [0, 0.1) is 25.2 Å². The Morgan fingerprint density at radius 1 is 1.04 bits per heavy atom. The van der Waals surface area contributed by atoms with Crippen LogP contribution in [0.15, 0.2) is 48.9 Å². The zero-order valence-corrected chi connectivity index (χ0v) is 15.1. The Morgan fingerprint density at radius 3 is 2.12 bits per heavy atom. The van der Waals surface area contributed by atoms with Gasteiger partial charge < -0.3 is 0 Å². The van der Waals surface area contributed by atoms with Gasteiger partial charge in [-0.3, -0.25) is 0 Å². The van der Waals surface area contributed by atoms with Gasteiger partial charge in [-0.05, 0) is 5.56 Å². The number of rotatable bonds is 2. The Bertz CT molecular complexity index is 850. The number of benzene rings is 1. The third-order valence-electron chi connectivity index (χ3n) is 4.38. The van der Waals surface area contributed by atoms with Gasteiger partial charge >= 0.3 is 0 Å². The zero-order valence-electron chi connectivity index (χ0n) is 15.1. The molecule has 0 aliphatic rings. The lowest BCUT2D eigenvalue weighted by atomic mass is 10.2. The van der Waals surface area contributed by atoms with Crippen molar-refractivity contribution in [3.63, 3.8) is 0 Å². The lowest BCUT2D eigenvalue weighted by molar-refractivity contribution is -0.677. The number of aryl methyl sites for hydroxylation is 2. The highest BCUT2D eigenvalue weighted by Crippen LogP contribution is 2.03. The maximum atomic E-state index is 8.57. The second kappa shape index (κ2) is 7.60. The Kier molecular flexibility index (Phi) is 5.54. The number of imidazole rings is 2. The molecule has 2 heterocycles. The second-order valence-electron chi connectivity index (χ2n) is 5.91. The van der Waals surface area contributed by atoms with Crippen molar-refractivity contribution < 1.29 is 9.13 Å². The molecule has 0 aliphatic carbocycles. The van der Waals surface area contributed by atoms with Crippen molar-refractivity contribution in [2.24, 2.45) is 21.1 Å². The summed E-state index contributed by atoms with van der Waals surface area (Å²) in [5, 5.41) is 8.57. The normalized spacial score (nSPS) is 10.0. The van der Waals surface area contributed by atoms with E-state index in [1.54, 1.807) is 0 Å². The molecule has 3 rings (SSSR count). The first-order valence-electron chi connectivity index (χ1n) is 7.91. The van der Waals surface area contributed by atoms with E-state index < -0.39 is 0 Å². The minimum Gasteiger partial charge on any atom is -0.237 e. The van der Waals surface area contributed by atoms with Gasteiger partial charge in [0.25, 0.3) is 11.6 Å². The predicted molar refractivity (Wildman–Crippen MR) is 91.9 cm³/mol. The fourth-order valence-electron chi connectivity index (χ4n) is 2.42. The van der Waals surface area contributed by atoms with Crippen molar-refractivity contribution in [1.29, 1.82) is 5.26 Å². The van der Waals surface area contributed by atoms with Crippen LogP contribution in [0.2, 0.25) is 0 Å². The zero-order chi connectivity index (χ0) is 17.7. The summed E-state index contributed by atoms with van der Waals surface area (Å²) in [6.45, 7) is 5.05. The van der Waals surface area contributed by atoms with Crippen molar-refractivity contribution in [3.8, 4) is 6.07 Å². The van der Waals surface area contributed by atoms with Crippen molar-refractivity contribution in [1.82, 2.24) is 9.13 Å². The van der Waals surface area contributed by atoms with E-state index in [2.05, 4.69) is 65.8 Å². The molecule has 0 saturated heterocycles. The summed E-state index contributed by atoms with van der Waals surface area (Å²) in [7, 11) is 5.88. The molecular weight excluding hydrogens is 298 g/mol. The Balaban J connectivity index is 0.000000185. The molecule has 0 unspecified atom stereocenters. The van der Waals surface area contributed by atoms with Gasteiger partial charge in [0, 0.05) is 13.8 Å². The lowest BCUT2D eigenvalue weighted by Crippen LogP contribution is -2.29. The minimum absolute atomic E-state index is 0.694. The summed E-state index contributed by atoms with van der Waals surface area (Å²) in [5.74, 6) is 2.35. The molecule has 0 N–H and O–H groups in total. The molecule has 0 saturated carbocycles. The lowest BCUT2D eigenvalue weighted by Gasteiger charge is -1.98. The average Bonchev–Trinajstić information content (AvgIpc) is 3.04. The van der Waals surface area contributed by atoms with E-state index in [1.165, 1.54) is 11.4 Å². The number of nitrogens with zero attached hydrogens (tertiary/aromatic N) is 5. The molecule has 0 spiro atoms. The third kappa shape index (κ3) is 3.90. The van der Waals surface area contributed by atoms with Crippen LogP contribution in [0.4, 0.5) is 0 Å². The summed E-state index contributed by atoms with van der Waals surface area (Å²) in [6, 6.07) is 12.6. The number of aromatic nitrogens is 4. The molecule has 3 aromatic rings. The highest BCUT2D eigenvalue weighted by Gasteiger charge is 2.11. The van der Waals surface area contributed by atoms with Gasteiger partial charge in [0.1, 0.15) is 31.2 Å². The quantitative estimate of drug-likeness (QED) is 0.662. The summed E-state index contributed by atoms with van der Waals surface area (Å²) in [6.07, 6.45) is 6.01. The van der Waals surface area contributed by atoms with Crippen molar-refractivity contribution in [3.05, 3.63) is 71.8 Å². The van der Waals surface area contributed by atoms with Gasteiger partial charge in [0.05, 0.1) is 21.1 Å². The van der Waals surface area contributed by atoms with Gasteiger partial charge in [-0.2, -0.15) is 5.26 Å². The average molecular weight is 323 g/mol. The largest absolute Gasteiger partial charge is 0.253 e. The molecule has 5 heteroatoms. The van der Waals surface area contributed by atoms with Crippen molar-refractivity contribution in [2.45, 2.75) is 20.4 Å². The standard InChI is InChI=1S/C12H15N2.C7H10N3/c1-11-13(2)8-9-14(11)10-12-6-4-3-5-7-12;1-6-9(2)5-7(4-8)10(6)3/h3-9H,10H2,1-2H3;5H,1-3H3/q2*+1. The van der Waals surface area contributed by atoms with Crippen molar-refractivity contribution in [2.75, 3.05) is 0 Å². The summed E-state index contributed by atoms with van der Waals surface area (Å²) >= 11 is 0. The molecule has 0 bridgehead atoms. The first-order chi connectivity index (χ1) is 11.4. The first-order valence-corrected chi connectivity index (χ1v) is 7.91. The number of nitriles is 1. The molecule has 0 amide bonds. The maximum absolute atomic E-state index is 8.57. The molecule has 1 aromatic carbocycles. The Morgan fingerprint density at radius 2 is 1.71 bits per heavy atom. The molecule has 0 aliphatic heterocycles. The van der Waals surface area contributed by atoms with Crippen LogP contribution in [0.3, 0.4) is 0 Å². The second-order valence-corrected chi connectivity index (χ2v) is 5.91. The van der Waals surface area contributed by atoms with Crippen LogP contribution >= 0.6 is 0 Å². The number of hydrogen-bond acceptors (Lipinski definition) is 1. The fourth-order valence-corrected chi connectivity index (χ4v) is 2.42. The van der Waals surface area contributed by atoms with E-state index in [0.717, 1.165) is 12.4 Å². The summed E-state index contributed by atoms with van der Waals surface area (Å²) < 4.78 is 8.16. The van der Waals surface area contributed by atoms with E-state index in [4.69, 9.17) is 5.26 Å². The molecule has 24 heavy (non-hydrogen) atoms. The highest BCUT2D eigenvalue weighted by atomic mass is 15.1. The molecular formula is C19H25N5+2. The Hall–Kier alpha value is -2.87. The van der Waals surface area contributed by atoms with E-state index in [9.17, 15) is 0 Å². The van der Waals surface area contributed by atoms with Crippen LogP contribution in [0.5, 0.6) is 0 Å². The van der Waals surface area contributed by atoms with Crippen LogP contribution in [0.25, 0.3) is 0 Å². The predicted octanol–water partition coefficient (Wildman–Crippen LogP) is 1.70. The van der Waals surface area contributed by atoms with Gasteiger partial charge in [-0.25, -0.2) is 18.3 Å². The monoisotopic (exact) mass is 323 g/mol.